The Hall–Kier alpha value is -1.48. The minimum absolute atomic E-state index is 0.398. The van der Waals surface area contributed by atoms with Crippen LogP contribution in [0.5, 0.6) is 0 Å². The number of hydrogen-bond acceptors (Lipinski definition) is 4. The number of thiocarbonyl (C=S) groups is 1. The molecule has 1 aromatic rings. The van der Waals surface area contributed by atoms with E-state index in [0.29, 0.717) is 21.8 Å². The largest absolute Gasteiger partial charge is 0.466 e. The van der Waals surface area contributed by atoms with Gasteiger partial charge in [0.15, 0.2) is 0 Å². The minimum Gasteiger partial charge on any atom is -0.466 e. The highest BCUT2D eigenvalue weighted by atomic mass is 35.5. The monoisotopic (exact) mass is 267 g/mol. The molecule has 1 rings (SSSR count). The second-order valence-corrected chi connectivity index (χ2v) is 3.82. The van der Waals surface area contributed by atoms with Crippen LogP contribution in [0.1, 0.15) is 12.5 Å². The summed E-state index contributed by atoms with van der Waals surface area (Å²) >= 11 is 10.5. The van der Waals surface area contributed by atoms with Gasteiger partial charge in [0.05, 0.1) is 18.0 Å². The lowest BCUT2D eigenvalue weighted by Crippen LogP contribution is -2.01. The number of aliphatic imine (C=N–C) groups is 1. The molecular formula is C12H10ClNO2S. The maximum absolute atomic E-state index is 11.3. The smallest absolute Gasteiger partial charge is 0.333 e. The third kappa shape index (κ3) is 3.79. The summed E-state index contributed by atoms with van der Waals surface area (Å²) in [4.78, 5) is 15.1. The van der Waals surface area contributed by atoms with E-state index >= 15 is 0 Å². The average Bonchev–Trinajstić information content (AvgIpc) is 2.32. The van der Waals surface area contributed by atoms with E-state index < -0.39 is 5.97 Å². The van der Waals surface area contributed by atoms with Crippen molar-refractivity contribution in [3.05, 3.63) is 34.4 Å². The van der Waals surface area contributed by atoms with Gasteiger partial charge in [0, 0.05) is 10.6 Å². The van der Waals surface area contributed by atoms with Gasteiger partial charge in [0.2, 0.25) is 0 Å². The van der Waals surface area contributed by atoms with Crippen LogP contribution in [0.25, 0.3) is 6.08 Å². The molecule has 0 heterocycles. The molecule has 17 heavy (non-hydrogen) atoms. The Kier molecular flexibility index (Phi) is 5.04. The topological polar surface area (TPSA) is 38.7 Å². The third-order valence-electron chi connectivity index (χ3n) is 2.03. The van der Waals surface area contributed by atoms with Gasteiger partial charge in [0.25, 0.3) is 0 Å². The Morgan fingerprint density at radius 2 is 2.29 bits per heavy atom. The maximum atomic E-state index is 11.3. The number of halogens is 1. The molecule has 0 amide bonds. The molecule has 88 valence electrons. The Balaban J connectivity index is 3.17. The number of rotatable bonds is 3. The number of isothiocyanates is 1. The van der Waals surface area contributed by atoms with Crippen molar-refractivity contribution in [2.45, 2.75) is 6.92 Å². The predicted octanol–water partition coefficient (Wildman–Crippen LogP) is 3.65. The molecular weight excluding hydrogens is 258 g/mol. The number of ether oxygens (including phenoxy) is 1. The summed E-state index contributed by atoms with van der Waals surface area (Å²) in [7, 11) is 1.33. The molecule has 5 heteroatoms. The van der Waals surface area contributed by atoms with Crippen LogP contribution >= 0.6 is 23.8 Å². The van der Waals surface area contributed by atoms with Gasteiger partial charge in [-0.2, -0.15) is 4.99 Å². The quantitative estimate of drug-likeness (QED) is 0.363. The van der Waals surface area contributed by atoms with Gasteiger partial charge in [-0.15, -0.1) is 0 Å². The maximum Gasteiger partial charge on any atom is 0.333 e. The van der Waals surface area contributed by atoms with Crippen molar-refractivity contribution < 1.29 is 9.53 Å². The molecule has 0 aliphatic carbocycles. The van der Waals surface area contributed by atoms with Crippen LogP contribution in [0.4, 0.5) is 5.69 Å². The number of nitrogens with zero attached hydrogens (tertiary/aromatic N) is 1. The van der Waals surface area contributed by atoms with Gasteiger partial charge >= 0.3 is 5.97 Å². The SMILES string of the molecule is COC(=O)C(C)=Cc1cc(N=C=S)ccc1Cl. The molecule has 0 saturated carbocycles. The standard InChI is InChI=1S/C12H10ClNO2S/c1-8(12(15)16-2)5-9-6-10(14-7-17)3-4-11(9)13/h3-6H,1-2H3. The van der Waals surface area contributed by atoms with Crippen LogP contribution < -0.4 is 0 Å². The molecule has 0 unspecified atom stereocenters. The lowest BCUT2D eigenvalue weighted by molar-refractivity contribution is -0.135. The number of carbonyl (C=O) groups is 1. The van der Waals surface area contributed by atoms with Gasteiger partial charge in [-0.25, -0.2) is 4.79 Å². The number of esters is 1. The van der Waals surface area contributed by atoms with Crippen LogP contribution in [0.2, 0.25) is 5.02 Å². The van der Waals surface area contributed by atoms with E-state index in [4.69, 9.17) is 11.6 Å². The van der Waals surface area contributed by atoms with E-state index in [0.717, 1.165) is 0 Å². The Labute approximate surface area is 110 Å². The van der Waals surface area contributed by atoms with E-state index in [1.807, 2.05) is 0 Å². The zero-order chi connectivity index (χ0) is 12.8. The molecule has 0 N–H and O–H groups in total. The van der Waals surface area contributed by atoms with Crippen molar-refractivity contribution in [3.63, 3.8) is 0 Å². The van der Waals surface area contributed by atoms with E-state index in [9.17, 15) is 4.79 Å². The fraction of sp³-hybridized carbons (Fsp3) is 0.167. The highest BCUT2D eigenvalue weighted by Crippen LogP contribution is 2.24. The number of carbonyl (C=O) groups excluding carboxylic acids is 1. The second kappa shape index (κ2) is 6.30. The van der Waals surface area contributed by atoms with Crippen LogP contribution in [0.15, 0.2) is 28.8 Å². The van der Waals surface area contributed by atoms with E-state index in [2.05, 4.69) is 27.1 Å². The van der Waals surface area contributed by atoms with Crippen LogP contribution in [0, 0.1) is 0 Å². The summed E-state index contributed by atoms with van der Waals surface area (Å²) in [5.74, 6) is -0.398. The summed E-state index contributed by atoms with van der Waals surface area (Å²) in [5, 5.41) is 2.80. The highest BCUT2D eigenvalue weighted by Gasteiger charge is 2.05. The number of methoxy groups -OCH3 is 1. The first kappa shape index (κ1) is 13.6. The van der Waals surface area contributed by atoms with Crippen molar-refractivity contribution in [1.82, 2.24) is 0 Å². The average molecular weight is 268 g/mol. The van der Waals surface area contributed by atoms with Crippen LogP contribution in [0.3, 0.4) is 0 Å². The lowest BCUT2D eigenvalue weighted by Gasteiger charge is -2.02. The Morgan fingerprint density at radius 3 is 2.88 bits per heavy atom. The molecule has 0 saturated heterocycles. The molecule has 0 radical (unpaired) electrons. The summed E-state index contributed by atoms with van der Waals surface area (Å²) < 4.78 is 4.60. The van der Waals surface area contributed by atoms with E-state index in [-0.39, 0.29) is 0 Å². The summed E-state index contributed by atoms with van der Waals surface area (Å²) in [6, 6.07) is 5.12. The predicted molar refractivity (Wildman–Crippen MR) is 71.8 cm³/mol. The highest BCUT2D eigenvalue weighted by molar-refractivity contribution is 7.78. The molecule has 0 atom stereocenters. The van der Waals surface area contributed by atoms with Gasteiger partial charge < -0.3 is 4.74 Å². The van der Waals surface area contributed by atoms with E-state index in [1.54, 1.807) is 31.2 Å². The second-order valence-electron chi connectivity index (χ2n) is 3.23. The molecule has 1 aromatic carbocycles. The fourth-order valence-electron chi connectivity index (χ4n) is 1.22. The van der Waals surface area contributed by atoms with Crippen molar-refractivity contribution >= 4 is 46.7 Å². The zero-order valence-electron chi connectivity index (χ0n) is 9.36. The van der Waals surface area contributed by atoms with Crippen molar-refractivity contribution in [1.29, 1.82) is 0 Å². The molecule has 0 aliphatic rings. The van der Waals surface area contributed by atoms with Crippen LogP contribution in [-0.2, 0) is 9.53 Å². The first-order valence-corrected chi connectivity index (χ1v) is 5.51. The molecule has 0 fully saturated rings. The Bertz CT molecular complexity index is 519. The summed E-state index contributed by atoms with van der Waals surface area (Å²) in [6.07, 6.45) is 1.64. The van der Waals surface area contributed by atoms with Gasteiger partial charge in [-0.05, 0) is 49.0 Å². The van der Waals surface area contributed by atoms with Gasteiger partial charge in [-0.1, -0.05) is 11.6 Å². The third-order valence-corrected chi connectivity index (χ3v) is 2.47. The molecule has 0 spiro atoms. The molecule has 3 nitrogen and oxygen atoms in total. The van der Waals surface area contributed by atoms with Crippen molar-refractivity contribution in [3.8, 4) is 0 Å². The lowest BCUT2D eigenvalue weighted by atomic mass is 10.1. The number of hydrogen-bond donors (Lipinski definition) is 0. The van der Waals surface area contributed by atoms with Crippen LogP contribution in [-0.4, -0.2) is 18.2 Å². The zero-order valence-corrected chi connectivity index (χ0v) is 10.9. The van der Waals surface area contributed by atoms with Gasteiger partial charge in [0.1, 0.15) is 0 Å². The van der Waals surface area contributed by atoms with Crippen molar-refractivity contribution in [2.24, 2.45) is 4.99 Å². The fourth-order valence-corrected chi connectivity index (χ4v) is 1.49. The first-order valence-electron chi connectivity index (χ1n) is 4.72. The normalized spacial score (nSPS) is 10.6. The Morgan fingerprint density at radius 1 is 1.59 bits per heavy atom. The van der Waals surface area contributed by atoms with E-state index in [1.165, 1.54) is 7.11 Å². The van der Waals surface area contributed by atoms with Gasteiger partial charge in [-0.3, -0.25) is 0 Å². The van der Waals surface area contributed by atoms with Crippen molar-refractivity contribution in [2.75, 3.05) is 7.11 Å². The summed E-state index contributed by atoms with van der Waals surface area (Å²) in [5.41, 5.74) is 1.77. The molecule has 0 aromatic heterocycles. The molecule has 0 bridgehead atoms. The molecule has 0 aliphatic heterocycles. The minimum atomic E-state index is -0.398. The summed E-state index contributed by atoms with van der Waals surface area (Å²) in [6.45, 7) is 1.65. The first-order chi connectivity index (χ1) is 8.08. The number of benzene rings is 1.